The van der Waals surface area contributed by atoms with Crippen molar-refractivity contribution in [3.8, 4) is 0 Å². The average molecular weight is 435 g/mol. The highest BCUT2D eigenvalue weighted by Gasteiger charge is 2.71. The molecule has 0 N–H and O–H groups in total. The molecule has 3 saturated carbocycles. The Kier molecular flexibility index (Phi) is 5.30. The van der Waals surface area contributed by atoms with E-state index >= 15 is 4.39 Å². The van der Waals surface area contributed by atoms with Crippen molar-refractivity contribution in [2.24, 2.45) is 34.5 Å². The third kappa shape index (κ3) is 2.85. The van der Waals surface area contributed by atoms with Gasteiger partial charge < -0.3 is 4.74 Å². The maximum absolute atomic E-state index is 15.4. The topological polar surface area (TPSA) is 60.4 Å². The molecule has 0 bridgehead atoms. The largest absolute Gasteiger partial charge is 0.450 e. The molecule has 31 heavy (non-hydrogen) atoms. The van der Waals surface area contributed by atoms with Gasteiger partial charge in [-0.25, -0.2) is 8.78 Å². The molecule has 0 saturated heterocycles. The van der Waals surface area contributed by atoms with Crippen molar-refractivity contribution in [1.82, 2.24) is 0 Å². The van der Waals surface area contributed by atoms with Gasteiger partial charge in [0.05, 0.1) is 0 Å². The first-order valence-electron chi connectivity index (χ1n) is 11.5. The Morgan fingerprint density at radius 1 is 1.23 bits per heavy atom. The molecule has 4 nitrogen and oxygen atoms in total. The van der Waals surface area contributed by atoms with Crippen LogP contribution in [0.3, 0.4) is 0 Å². The number of alkyl halides is 2. The number of hydrogen-bond acceptors (Lipinski definition) is 4. The normalized spacial score (nSPS) is 45.9. The van der Waals surface area contributed by atoms with Crippen LogP contribution >= 0.6 is 0 Å². The first-order chi connectivity index (χ1) is 14.5. The summed E-state index contributed by atoms with van der Waals surface area (Å²) in [5.41, 5.74) is -2.24. The average Bonchev–Trinajstić information content (AvgIpc) is 2.96. The van der Waals surface area contributed by atoms with E-state index in [1.807, 2.05) is 26.8 Å². The fourth-order valence-corrected chi connectivity index (χ4v) is 7.74. The van der Waals surface area contributed by atoms with Crippen LogP contribution in [0.5, 0.6) is 0 Å². The summed E-state index contributed by atoms with van der Waals surface area (Å²) in [6.45, 7) is 6.28. The van der Waals surface area contributed by atoms with Gasteiger partial charge in [-0.15, -0.1) is 0 Å². The van der Waals surface area contributed by atoms with E-state index in [0.29, 0.717) is 24.8 Å². The molecule has 0 spiro atoms. The molecule has 3 fully saturated rings. The maximum atomic E-state index is 15.4. The Morgan fingerprint density at radius 3 is 2.58 bits per heavy atom. The highest BCUT2D eigenvalue weighted by molar-refractivity contribution is 6.01. The third-order valence-electron chi connectivity index (χ3n) is 9.18. The molecule has 2 unspecified atom stereocenters. The standard InChI is InChI=1S/C25H32F2O4/c1-5-22(30)31-25(21(29)13-26)14(2)10-18-16-12-20(27)19-11-15(28)6-8-23(19,3)17(16)7-9-24(18,25)4/h6,8,11,14,16-18,20H,5,7,9-10,12-13H2,1-4H3/t14?,16-,17+,18+,20?,23-,24+,25+/m1/s1. The number of fused-ring (bicyclic) bond motifs is 5. The minimum Gasteiger partial charge on any atom is -0.450 e. The van der Waals surface area contributed by atoms with Crippen molar-refractivity contribution in [2.45, 2.75) is 71.6 Å². The number of carbonyl (C=O) groups excluding carboxylic acids is 3. The minimum absolute atomic E-state index is 0.0363. The Hall–Kier alpha value is -1.85. The first kappa shape index (κ1) is 22.3. The molecule has 8 atom stereocenters. The number of rotatable bonds is 4. The smallest absolute Gasteiger partial charge is 0.306 e. The van der Waals surface area contributed by atoms with Gasteiger partial charge in [0.1, 0.15) is 6.17 Å². The van der Waals surface area contributed by atoms with Gasteiger partial charge in [-0.1, -0.05) is 33.8 Å². The number of Topliss-reactive ketones (excluding diaryl/α,β-unsaturated/α-hetero) is 1. The van der Waals surface area contributed by atoms with Crippen LogP contribution < -0.4 is 0 Å². The van der Waals surface area contributed by atoms with Crippen molar-refractivity contribution in [3.05, 3.63) is 23.8 Å². The van der Waals surface area contributed by atoms with Crippen molar-refractivity contribution in [2.75, 3.05) is 6.67 Å². The van der Waals surface area contributed by atoms with E-state index in [0.717, 1.165) is 0 Å². The summed E-state index contributed by atoms with van der Waals surface area (Å²) in [6, 6.07) is 0. The molecule has 0 aromatic carbocycles. The summed E-state index contributed by atoms with van der Waals surface area (Å²) in [5.74, 6) is -1.68. The summed E-state index contributed by atoms with van der Waals surface area (Å²) >= 11 is 0. The summed E-state index contributed by atoms with van der Waals surface area (Å²) < 4.78 is 35.1. The zero-order chi connectivity index (χ0) is 22.8. The van der Waals surface area contributed by atoms with E-state index in [-0.39, 0.29) is 42.3 Å². The van der Waals surface area contributed by atoms with E-state index < -0.39 is 41.0 Å². The number of ether oxygens (including phenoxy) is 1. The Bertz CT molecular complexity index is 879. The van der Waals surface area contributed by atoms with E-state index in [9.17, 15) is 18.8 Å². The fraction of sp³-hybridized carbons (Fsp3) is 0.720. The highest BCUT2D eigenvalue weighted by Crippen LogP contribution is 2.69. The number of ketones is 2. The number of halogens is 2. The lowest BCUT2D eigenvalue weighted by Crippen LogP contribution is -2.61. The lowest BCUT2D eigenvalue weighted by atomic mass is 9.46. The van der Waals surface area contributed by atoms with Crippen LogP contribution in [0.25, 0.3) is 0 Å². The summed E-state index contributed by atoms with van der Waals surface area (Å²) in [5, 5.41) is 0. The van der Waals surface area contributed by atoms with Gasteiger partial charge >= 0.3 is 5.97 Å². The van der Waals surface area contributed by atoms with Crippen LogP contribution in [-0.2, 0) is 19.1 Å². The lowest BCUT2D eigenvalue weighted by molar-refractivity contribution is -0.195. The quantitative estimate of drug-likeness (QED) is 0.601. The second-order valence-corrected chi connectivity index (χ2v) is 10.4. The second-order valence-electron chi connectivity index (χ2n) is 10.4. The van der Waals surface area contributed by atoms with E-state index in [1.165, 1.54) is 12.2 Å². The van der Waals surface area contributed by atoms with Gasteiger partial charge in [0.15, 0.2) is 18.1 Å². The molecular weight excluding hydrogens is 402 g/mol. The lowest BCUT2D eigenvalue weighted by Gasteiger charge is -2.58. The molecule has 0 amide bonds. The zero-order valence-corrected chi connectivity index (χ0v) is 18.8. The van der Waals surface area contributed by atoms with Gasteiger partial charge in [-0.2, -0.15) is 0 Å². The predicted molar refractivity (Wildman–Crippen MR) is 112 cm³/mol. The molecule has 0 heterocycles. The highest BCUT2D eigenvalue weighted by atomic mass is 19.1. The zero-order valence-electron chi connectivity index (χ0n) is 18.8. The maximum Gasteiger partial charge on any atom is 0.306 e. The van der Waals surface area contributed by atoms with Crippen LogP contribution in [0.1, 0.15) is 59.8 Å². The van der Waals surface area contributed by atoms with Crippen molar-refractivity contribution >= 4 is 17.5 Å². The first-order valence-corrected chi connectivity index (χ1v) is 11.5. The van der Waals surface area contributed by atoms with Crippen LogP contribution in [0, 0.1) is 34.5 Å². The molecule has 0 aliphatic heterocycles. The molecule has 0 radical (unpaired) electrons. The Labute approximate surface area is 182 Å². The molecule has 6 heteroatoms. The fourth-order valence-electron chi connectivity index (χ4n) is 7.74. The second kappa shape index (κ2) is 7.35. The molecule has 0 aromatic heterocycles. The van der Waals surface area contributed by atoms with Gasteiger partial charge in [0, 0.05) is 23.2 Å². The van der Waals surface area contributed by atoms with Gasteiger partial charge in [0.2, 0.25) is 5.78 Å². The van der Waals surface area contributed by atoms with E-state index in [2.05, 4.69) is 0 Å². The minimum atomic E-state index is -1.51. The summed E-state index contributed by atoms with van der Waals surface area (Å²) in [6.07, 6.45) is 5.87. The SMILES string of the molecule is CCC(=O)O[C@]1(C(=O)CF)C(C)C[C@H]2[C@@H]3CC(F)C4=CC(=O)C=C[C@]4(C)[C@H]3CC[C@@]21C. The number of allylic oxidation sites excluding steroid dienone is 4. The van der Waals surface area contributed by atoms with Crippen molar-refractivity contribution in [1.29, 1.82) is 0 Å². The summed E-state index contributed by atoms with van der Waals surface area (Å²) in [4.78, 5) is 37.3. The van der Waals surface area contributed by atoms with Gasteiger partial charge in [0.25, 0.3) is 0 Å². The number of hydrogen-bond donors (Lipinski definition) is 0. The molecule has 170 valence electrons. The molecule has 4 aliphatic carbocycles. The molecular formula is C25H32F2O4. The predicted octanol–water partition coefficient (Wildman–Crippen LogP) is 4.72. The molecule has 0 aromatic rings. The van der Waals surface area contributed by atoms with E-state index in [4.69, 9.17) is 4.74 Å². The molecule has 4 aliphatic rings. The van der Waals surface area contributed by atoms with Crippen LogP contribution in [0.15, 0.2) is 23.8 Å². The Morgan fingerprint density at radius 2 is 1.94 bits per heavy atom. The number of carbonyl (C=O) groups is 3. The van der Waals surface area contributed by atoms with Gasteiger partial charge in [-0.05, 0) is 61.2 Å². The molecule has 4 rings (SSSR count). The van der Waals surface area contributed by atoms with Gasteiger partial charge in [-0.3, -0.25) is 14.4 Å². The van der Waals surface area contributed by atoms with Crippen LogP contribution in [-0.4, -0.2) is 36.0 Å². The van der Waals surface area contributed by atoms with Crippen LogP contribution in [0.2, 0.25) is 0 Å². The number of esters is 1. The van der Waals surface area contributed by atoms with Crippen molar-refractivity contribution < 1.29 is 27.9 Å². The third-order valence-corrected chi connectivity index (χ3v) is 9.18. The van der Waals surface area contributed by atoms with Crippen LogP contribution in [0.4, 0.5) is 8.78 Å². The Balaban J connectivity index is 1.78. The summed E-state index contributed by atoms with van der Waals surface area (Å²) in [7, 11) is 0. The van der Waals surface area contributed by atoms with Crippen molar-refractivity contribution in [3.63, 3.8) is 0 Å². The van der Waals surface area contributed by atoms with E-state index in [1.54, 1.807) is 6.92 Å². The monoisotopic (exact) mass is 434 g/mol.